The number of hydrogen-bond acceptors (Lipinski definition) is 6. The second-order valence-corrected chi connectivity index (χ2v) is 5.74. The van der Waals surface area contributed by atoms with Crippen LogP contribution in [0.5, 0.6) is 0 Å². The van der Waals surface area contributed by atoms with Gasteiger partial charge in [0.15, 0.2) is 0 Å². The molecule has 1 saturated heterocycles. The van der Waals surface area contributed by atoms with Gasteiger partial charge in [-0.15, -0.1) is 0 Å². The first-order chi connectivity index (χ1) is 12.2. The van der Waals surface area contributed by atoms with E-state index in [1.54, 1.807) is 0 Å². The standard InChI is InChI=1S/C18H24N4O3/c19-11-17(13-20-12-15-1-3-16(14-23)4-2-15)18(24)21-5-6-22-7-9-25-10-8-22/h1-4,13,20,23H,5-10,12,14H2,(H,21,24)/b17-13-. The van der Waals surface area contributed by atoms with E-state index in [-0.39, 0.29) is 18.1 Å². The first-order valence-corrected chi connectivity index (χ1v) is 8.33. The molecule has 0 unspecified atom stereocenters. The Morgan fingerprint density at radius 3 is 2.60 bits per heavy atom. The van der Waals surface area contributed by atoms with Crippen LogP contribution < -0.4 is 10.6 Å². The summed E-state index contributed by atoms with van der Waals surface area (Å²) in [5.41, 5.74) is 1.89. The summed E-state index contributed by atoms with van der Waals surface area (Å²) in [7, 11) is 0. The second-order valence-electron chi connectivity index (χ2n) is 5.74. The summed E-state index contributed by atoms with van der Waals surface area (Å²) < 4.78 is 5.27. The number of hydrogen-bond donors (Lipinski definition) is 3. The highest BCUT2D eigenvalue weighted by molar-refractivity contribution is 5.97. The minimum atomic E-state index is -0.376. The lowest BCUT2D eigenvalue weighted by Gasteiger charge is -2.26. The van der Waals surface area contributed by atoms with Crippen LogP contribution in [0.4, 0.5) is 0 Å². The molecule has 0 aliphatic carbocycles. The summed E-state index contributed by atoms with van der Waals surface area (Å²) >= 11 is 0. The number of nitrogens with one attached hydrogen (secondary N) is 2. The monoisotopic (exact) mass is 344 g/mol. The predicted molar refractivity (Wildman–Crippen MR) is 93.2 cm³/mol. The summed E-state index contributed by atoms with van der Waals surface area (Å²) in [5.74, 6) is -0.376. The molecule has 1 amide bonds. The van der Waals surface area contributed by atoms with Crippen LogP contribution in [-0.4, -0.2) is 55.3 Å². The van der Waals surface area contributed by atoms with Gasteiger partial charge in [-0.2, -0.15) is 5.26 Å². The fraction of sp³-hybridized carbons (Fsp3) is 0.444. The molecule has 3 N–H and O–H groups in total. The molecule has 1 heterocycles. The van der Waals surface area contributed by atoms with Crippen LogP contribution >= 0.6 is 0 Å². The van der Waals surface area contributed by atoms with Crippen LogP contribution in [0, 0.1) is 11.3 Å². The fourth-order valence-corrected chi connectivity index (χ4v) is 2.43. The molecule has 1 aliphatic heterocycles. The molecule has 1 fully saturated rings. The number of amides is 1. The van der Waals surface area contributed by atoms with Crippen molar-refractivity contribution in [2.75, 3.05) is 39.4 Å². The van der Waals surface area contributed by atoms with Gasteiger partial charge in [0, 0.05) is 38.9 Å². The molecule has 7 heteroatoms. The lowest BCUT2D eigenvalue weighted by atomic mass is 10.1. The van der Waals surface area contributed by atoms with Gasteiger partial charge in [0.2, 0.25) is 0 Å². The van der Waals surface area contributed by atoms with Gasteiger partial charge in [-0.05, 0) is 11.1 Å². The maximum atomic E-state index is 12.0. The minimum Gasteiger partial charge on any atom is -0.392 e. The van der Waals surface area contributed by atoms with Crippen LogP contribution in [0.15, 0.2) is 36.0 Å². The van der Waals surface area contributed by atoms with Crippen molar-refractivity contribution in [3.63, 3.8) is 0 Å². The lowest BCUT2D eigenvalue weighted by molar-refractivity contribution is -0.117. The molecule has 0 atom stereocenters. The van der Waals surface area contributed by atoms with Gasteiger partial charge >= 0.3 is 0 Å². The lowest BCUT2D eigenvalue weighted by Crippen LogP contribution is -2.41. The summed E-state index contributed by atoms with van der Waals surface area (Å²) in [6.07, 6.45) is 1.43. The Labute approximate surface area is 147 Å². The zero-order valence-electron chi connectivity index (χ0n) is 14.2. The molecule has 0 saturated carbocycles. The van der Waals surface area contributed by atoms with Crippen molar-refractivity contribution in [2.45, 2.75) is 13.2 Å². The smallest absolute Gasteiger partial charge is 0.263 e. The predicted octanol–water partition coefficient (Wildman–Crippen LogP) is 0.124. The molecule has 2 rings (SSSR count). The highest BCUT2D eigenvalue weighted by Crippen LogP contribution is 2.04. The van der Waals surface area contributed by atoms with E-state index in [4.69, 9.17) is 15.1 Å². The van der Waals surface area contributed by atoms with Crippen molar-refractivity contribution in [1.82, 2.24) is 15.5 Å². The molecule has 0 aromatic heterocycles. The number of rotatable bonds is 8. The van der Waals surface area contributed by atoms with E-state index in [2.05, 4.69) is 15.5 Å². The highest BCUT2D eigenvalue weighted by atomic mass is 16.5. The van der Waals surface area contributed by atoms with Crippen LogP contribution in [-0.2, 0) is 22.7 Å². The van der Waals surface area contributed by atoms with Crippen molar-refractivity contribution in [3.8, 4) is 6.07 Å². The van der Waals surface area contributed by atoms with E-state index in [1.807, 2.05) is 30.3 Å². The number of nitrogens with zero attached hydrogens (tertiary/aromatic N) is 2. The van der Waals surface area contributed by atoms with Gasteiger partial charge in [-0.25, -0.2) is 0 Å². The highest BCUT2D eigenvalue weighted by Gasteiger charge is 2.12. The van der Waals surface area contributed by atoms with Crippen LogP contribution in [0.1, 0.15) is 11.1 Å². The van der Waals surface area contributed by atoms with Gasteiger partial charge in [0.1, 0.15) is 11.6 Å². The van der Waals surface area contributed by atoms with E-state index in [9.17, 15) is 4.79 Å². The topological polar surface area (TPSA) is 97.6 Å². The van der Waals surface area contributed by atoms with Gasteiger partial charge < -0.3 is 20.5 Å². The molecule has 7 nitrogen and oxygen atoms in total. The van der Waals surface area contributed by atoms with E-state index in [1.165, 1.54) is 6.20 Å². The molecule has 1 aromatic rings. The normalized spacial score (nSPS) is 15.4. The van der Waals surface area contributed by atoms with Crippen molar-refractivity contribution < 1.29 is 14.6 Å². The number of nitriles is 1. The number of aliphatic hydroxyl groups excluding tert-OH is 1. The van der Waals surface area contributed by atoms with Gasteiger partial charge in [0.25, 0.3) is 5.91 Å². The first kappa shape index (κ1) is 18.9. The Morgan fingerprint density at radius 2 is 1.96 bits per heavy atom. The van der Waals surface area contributed by atoms with Crippen molar-refractivity contribution in [3.05, 3.63) is 47.2 Å². The molecule has 0 spiro atoms. The Morgan fingerprint density at radius 1 is 1.28 bits per heavy atom. The average molecular weight is 344 g/mol. The molecular formula is C18H24N4O3. The third-order valence-corrected chi connectivity index (χ3v) is 3.94. The summed E-state index contributed by atoms with van der Waals surface area (Å²) in [5, 5.41) is 23.9. The molecular weight excluding hydrogens is 320 g/mol. The Bertz CT molecular complexity index is 616. The van der Waals surface area contributed by atoms with Crippen molar-refractivity contribution in [1.29, 1.82) is 5.26 Å². The van der Waals surface area contributed by atoms with Crippen LogP contribution in [0.3, 0.4) is 0 Å². The van der Waals surface area contributed by atoms with Gasteiger partial charge in [-0.3, -0.25) is 9.69 Å². The van der Waals surface area contributed by atoms with E-state index in [0.29, 0.717) is 13.1 Å². The molecule has 1 aliphatic rings. The van der Waals surface area contributed by atoms with Gasteiger partial charge in [-0.1, -0.05) is 24.3 Å². The quantitative estimate of drug-likeness (QED) is 0.458. The molecule has 25 heavy (non-hydrogen) atoms. The Balaban J connectivity index is 1.73. The number of benzene rings is 1. The largest absolute Gasteiger partial charge is 0.392 e. The van der Waals surface area contributed by atoms with E-state index < -0.39 is 0 Å². The average Bonchev–Trinajstić information content (AvgIpc) is 2.66. The van der Waals surface area contributed by atoms with Crippen LogP contribution in [0.2, 0.25) is 0 Å². The van der Waals surface area contributed by atoms with Crippen molar-refractivity contribution >= 4 is 5.91 Å². The van der Waals surface area contributed by atoms with Crippen LogP contribution in [0.25, 0.3) is 0 Å². The SMILES string of the molecule is N#C/C(=C/NCc1ccc(CO)cc1)C(=O)NCCN1CCOCC1. The first-order valence-electron chi connectivity index (χ1n) is 8.33. The number of morpholine rings is 1. The second kappa shape index (κ2) is 10.5. The molecule has 0 bridgehead atoms. The molecule has 1 aromatic carbocycles. The number of aliphatic hydroxyl groups is 1. The number of ether oxygens (including phenoxy) is 1. The van der Waals surface area contributed by atoms with Gasteiger partial charge in [0.05, 0.1) is 19.8 Å². The maximum Gasteiger partial charge on any atom is 0.263 e. The van der Waals surface area contributed by atoms with E-state index >= 15 is 0 Å². The number of carbonyl (C=O) groups excluding carboxylic acids is 1. The maximum absolute atomic E-state index is 12.0. The summed E-state index contributed by atoms with van der Waals surface area (Å²) in [4.78, 5) is 14.2. The van der Waals surface area contributed by atoms with E-state index in [0.717, 1.165) is 44.0 Å². The van der Waals surface area contributed by atoms with Crippen molar-refractivity contribution in [2.24, 2.45) is 0 Å². The molecule has 0 radical (unpaired) electrons. The zero-order chi connectivity index (χ0) is 17.9. The summed E-state index contributed by atoms with van der Waals surface area (Å²) in [6, 6.07) is 9.37. The Kier molecular flexibility index (Phi) is 7.92. The summed E-state index contributed by atoms with van der Waals surface area (Å²) in [6.45, 7) is 4.94. The Hall–Kier alpha value is -2.40. The number of carbonyl (C=O) groups is 1. The zero-order valence-corrected chi connectivity index (χ0v) is 14.2. The fourth-order valence-electron chi connectivity index (χ4n) is 2.43. The molecule has 134 valence electrons. The third-order valence-electron chi connectivity index (χ3n) is 3.94. The third kappa shape index (κ3) is 6.55. The minimum absolute atomic E-state index is 0.0107.